The van der Waals surface area contributed by atoms with Crippen LogP contribution in [-0.2, 0) is 4.79 Å². The Hall–Kier alpha value is -0.170. The van der Waals surface area contributed by atoms with Crippen molar-refractivity contribution in [3.63, 3.8) is 0 Å². The molecule has 0 saturated carbocycles. The van der Waals surface area contributed by atoms with Crippen LogP contribution in [0.2, 0.25) is 0 Å². The van der Waals surface area contributed by atoms with E-state index in [1.807, 2.05) is 6.08 Å². The summed E-state index contributed by atoms with van der Waals surface area (Å²) in [4.78, 5) is 10.3. The molecule has 0 fully saturated rings. The van der Waals surface area contributed by atoms with Crippen LogP contribution in [0.3, 0.4) is 0 Å². The topological polar surface area (TPSA) is 77.8 Å². The molecule has 20 heavy (non-hydrogen) atoms. The van der Waals surface area contributed by atoms with Gasteiger partial charge in [-0.1, -0.05) is 31.1 Å². The molecule has 0 heterocycles. The molecular weight excluding hydrogens is 392 g/mol. The quantitative estimate of drug-likeness (QED) is 0.356. The van der Waals surface area contributed by atoms with Gasteiger partial charge in [0, 0.05) is 6.42 Å². The molecule has 3 N–H and O–H groups in total. The maximum absolute atomic E-state index is 10.3. The van der Waals surface area contributed by atoms with Crippen molar-refractivity contribution in [3.05, 3.63) is 21.6 Å². The molecule has 4 nitrogen and oxygen atoms in total. The van der Waals surface area contributed by atoms with E-state index >= 15 is 0 Å². The van der Waals surface area contributed by atoms with Crippen molar-refractivity contribution in [2.24, 2.45) is 0 Å². The van der Waals surface area contributed by atoms with Gasteiger partial charge in [0.25, 0.3) is 0 Å². The van der Waals surface area contributed by atoms with Gasteiger partial charge in [0.1, 0.15) is 0 Å². The third-order valence-electron chi connectivity index (χ3n) is 2.76. The third kappa shape index (κ3) is 12.8. The summed E-state index contributed by atoms with van der Waals surface area (Å²) in [5, 5.41) is 27.8. The molecule has 0 aliphatic rings. The van der Waals surface area contributed by atoms with Crippen molar-refractivity contribution < 1.29 is 20.1 Å². The molecule has 6 heteroatoms. The summed E-state index contributed by atoms with van der Waals surface area (Å²) >= 11 is 6.57. The van der Waals surface area contributed by atoms with Crippen LogP contribution in [0.25, 0.3) is 0 Å². The first kappa shape index (κ1) is 19.8. The Bertz CT molecular complexity index is 325. The van der Waals surface area contributed by atoms with Crippen LogP contribution >= 0.6 is 31.9 Å². The highest BCUT2D eigenvalue weighted by Gasteiger charge is 2.12. The van der Waals surface area contributed by atoms with E-state index in [0.29, 0.717) is 12.8 Å². The van der Waals surface area contributed by atoms with Crippen LogP contribution < -0.4 is 0 Å². The predicted molar refractivity (Wildman–Crippen MR) is 87.0 cm³/mol. The van der Waals surface area contributed by atoms with Gasteiger partial charge in [0.15, 0.2) is 0 Å². The first-order valence-corrected chi connectivity index (χ1v) is 8.28. The second kappa shape index (κ2) is 12.6. The van der Waals surface area contributed by atoms with E-state index in [0.717, 1.165) is 29.1 Å². The van der Waals surface area contributed by atoms with E-state index in [-0.39, 0.29) is 6.42 Å². The lowest BCUT2D eigenvalue weighted by molar-refractivity contribution is -0.136. The van der Waals surface area contributed by atoms with Gasteiger partial charge < -0.3 is 15.3 Å². The molecule has 116 valence electrons. The Morgan fingerprint density at radius 1 is 1.10 bits per heavy atom. The Morgan fingerprint density at radius 2 is 1.80 bits per heavy atom. The highest BCUT2D eigenvalue weighted by molar-refractivity contribution is 9.28. The third-order valence-corrected chi connectivity index (χ3v) is 3.40. The number of carbonyl (C=O) groups is 1. The summed E-state index contributed by atoms with van der Waals surface area (Å²) in [6.45, 7) is 0. The predicted octanol–water partition coefficient (Wildman–Crippen LogP) is 3.71. The second-order valence-corrected chi connectivity index (χ2v) is 7.32. The molecule has 0 rings (SSSR count). The van der Waals surface area contributed by atoms with Crippen molar-refractivity contribution >= 4 is 37.8 Å². The Kier molecular flexibility index (Phi) is 12.5. The Morgan fingerprint density at radius 3 is 2.40 bits per heavy atom. The fourth-order valence-corrected chi connectivity index (χ4v) is 2.09. The molecule has 0 aromatic carbocycles. The smallest absolute Gasteiger partial charge is 0.303 e. The van der Waals surface area contributed by atoms with Gasteiger partial charge in [-0.15, -0.1) is 0 Å². The van der Waals surface area contributed by atoms with Gasteiger partial charge in [0.05, 0.1) is 15.6 Å². The minimum absolute atomic E-state index is 0.0377. The summed E-state index contributed by atoms with van der Waals surface area (Å²) in [5.41, 5.74) is 0. The van der Waals surface area contributed by atoms with E-state index in [2.05, 4.69) is 31.9 Å². The number of carboxylic acids is 1. The molecule has 2 atom stereocenters. The van der Waals surface area contributed by atoms with Crippen LogP contribution in [0.1, 0.15) is 44.9 Å². The molecule has 0 amide bonds. The summed E-state index contributed by atoms with van der Waals surface area (Å²) in [7, 11) is 0. The number of hydrogen-bond acceptors (Lipinski definition) is 3. The van der Waals surface area contributed by atoms with Crippen LogP contribution in [0.15, 0.2) is 21.6 Å². The van der Waals surface area contributed by atoms with Gasteiger partial charge in [-0.05, 0) is 57.5 Å². The summed E-state index contributed by atoms with van der Waals surface area (Å²) in [5.74, 6) is -0.867. The Labute approximate surface area is 136 Å². The molecule has 0 aromatic rings. The normalized spacial score (nSPS) is 14.2. The number of halogens is 2. The molecular formula is C14H22Br2O4. The molecule has 0 aliphatic heterocycles. The number of aliphatic carboxylic acids is 1. The summed E-state index contributed by atoms with van der Waals surface area (Å²) in [6.07, 6.45) is 8.22. The van der Waals surface area contributed by atoms with E-state index in [9.17, 15) is 15.0 Å². The maximum atomic E-state index is 10.3. The average Bonchev–Trinajstić information content (AvgIpc) is 2.37. The highest BCUT2D eigenvalue weighted by Crippen LogP contribution is 2.16. The number of rotatable bonds is 11. The zero-order chi connectivity index (χ0) is 15.4. The van der Waals surface area contributed by atoms with E-state index in [1.165, 1.54) is 6.08 Å². The number of unbranched alkanes of at least 4 members (excludes halogenated alkanes) is 3. The lowest BCUT2D eigenvalue weighted by Gasteiger charge is -2.14. The second-order valence-electron chi connectivity index (χ2n) is 4.55. The first-order valence-electron chi connectivity index (χ1n) is 6.69. The number of aliphatic hydroxyl groups excluding tert-OH is 2. The zero-order valence-corrected chi connectivity index (χ0v) is 14.5. The van der Waals surface area contributed by atoms with Gasteiger partial charge >= 0.3 is 5.97 Å². The van der Waals surface area contributed by atoms with Crippen molar-refractivity contribution in [1.82, 2.24) is 0 Å². The van der Waals surface area contributed by atoms with Crippen molar-refractivity contribution in [2.75, 3.05) is 0 Å². The standard InChI is InChI=1S/C14H22Br2O4/c15-13(16)9-4-2-1-3-7-11(17)12(18)8-5-6-10-14(19)20/h5,8-9,11-12,17-18H,1-4,6-7,10H2,(H,19,20)/b8-5-/t11-,12-/m1/s1. The lowest BCUT2D eigenvalue weighted by atomic mass is 10.0. The highest BCUT2D eigenvalue weighted by atomic mass is 79.9. The van der Waals surface area contributed by atoms with Crippen LogP contribution in [0.5, 0.6) is 0 Å². The average molecular weight is 414 g/mol. The largest absolute Gasteiger partial charge is 0.481 e. The molecule has 0 radical (unpaired) electrons. The van der Waals surface area contributed by atoms with Crippen molar-refractivity contribution in [1.29, 1.82) is 0 Å². The van der Waals surface area contributed by atoms with Crippen LogP contribution in [0, 0.1) is 0 Å². The summed E-state index contributed by atoms with van der Waals surface area (Å²) < 4.78 is 0.951. The van der Waals surface area contributed by atoms with E-state index < -0.39 is 18.2 Å². The fourth-order valence-electron chi connectivity index (χ4n) is 1.63. The summed E-state index contributed by atoms with van der Waals surface area (Å²) in [6, 6.07) is 0. The molecule has 0 aliphatic carbocycles. The number of allylic oxidation sites excluding steroid dienone is 2. The van der Waals surface area contributed by atoms with Gasteiger partial charge in [-0.25, -0.2) is 0 Å². The minimum atomic E-state index is -0.916. The monoisotopic (exact) mass is 412 g/mol. The first-order chi connectivity index (χ1) is 9.43. The SMILES string of the molecule is O=C(O)CC/C=C\[C@@H](O)[C@H](O)CCCCCC=C(Br)Br. The molecule has 0 saturated heterocycles. The van der Waals surface area contributed by atoms with Crippen LogP contribution in [0.4, 0.5) is 0 Å². The van der Waals surface area contributed by atoms with Crippen LogP contribution in [-0.4, -0.2) is 33.5 Å². The van der Waals surface area contributed by atoms with E-state index in [1.54, 1.807) is 6.08 Å². The molecule has 0 bridgehead atoms. The maximum Gasteiger partial charge on any atom is 0.303 e. The van der Waals surface area contributed by atoms with Crippen molar-refractivity contribution in [2.45, 2.75) is 57.2 Å². The van der Waals surface area contributed by atoms with Crippen molar-refractivity contribution in [3.8, 4) is 0 Å². The number of aliphatic hydroxyl groups is 2. The molecule has 0 aromatic heterocycles. The van der Waals surface area contributed by atoms with E-state index in [4.69, 9.17) is 5.11 Å². The van der Waals surface area contributed by atoms with Gasteiger partial charge in [-0.3, -0.25) is 4.79 Å². The van der Waals surface area contributed by atoms with Gasteiger partial charge in [0.2, 0.25) is 0 Å². The zero-order valence-electron chi connectivity index (χ0n) is 11.3. The minimum Gasteiger partial charge on any atom is -0.481 e. The number of hydrogen-bond donors (Lipinski definition) is 3. The molecule has 0 unspecified atom stereocenters. The lowest BCUT2D eigenvalue weighted by Crippen LogP contribution is -2.23. The number of carboxylic acid groups (broad SMARTS) is 1. The van der Waals surface area contributed by atoms with Gasteiger partial charge in [-0.2, -0.15) is 0 Å². The Balaban J connectivity index is 3.66. The fraction of sp³-hybridized carbons (Fsp3) is 0.643. The molecule has 0 spiro atoms.